The highest BCUT2D eigenvalue weighted by Crippen LogP contribution is 2.34. The predicted molar refractivity (Wildman–Crippen MR) is 91.7 cm³/mol. The van der Waals surface area contributed by atoms with E-state index in [2.05, 4.69) is 74.1 Å². The van der Waals surface area contributed by atoms with E-state index in [-0.39, 0.29) is 5.41 Å². The van der Waals surface area contributed by atoms with Crippen molar-refractivity contribution in [3.05, 3.63) is 33.8 Å². The van der Waals surface area contributed by atoms with Gasteiger partial charge >= 0.3 is 0 Å². The lowest BCUT2D eigenvalue weighted by Crippen LogP contribution is -2.16. The van der Waals surface area contributed by atoms with Crippen molar-refractivity contribution in [3.63, 3.8) is 0 Å². The molecule has 20 heavy (non-hydrogen) atoms. The lowest BCUT2D eigenvalue weighted by Gasteiger charge is -2.23. The Kier molecular flexibility index (Phi) is 4.38. The molecule has 0 saturated heterocycles. The summed E-state index contributed by atoms with van der Waals surface area (Å²) in [5.41, 5.74) is 3.63. The first-order chi connectivity index (χ1) is 9.32. The second kappa shape index (κ2) is 5.72. The van der Waals surface area contributed by atoms with Crippen LogP contribution in [0.15, 0.2) is 22.7 Å². The molecule has 2 rings (SSSR count). The Bertz CT molecular complexity index is 627. The van der Waals surface area contributed by atoms with E-state index in [1.165, 1.54) is 16.5 Å². The zero-order valence-electron chi connectivity index (χ0n) is 13.0. The average Bonchev–Trinajstić information content (AvgIpc) is 2.34. The molecule has 0 atom stereocenters. The molecule has 0 aliphatic carbocycles. The average molecular weight is 335 g/mol. The molecule has 1 heterocycles. The number of nitrogens with zero attached hydrogens (tertiary/aromatic N) is 1. The first-order valence-electron chi connectivity index (χ1n) is 7.18. The summed E-state index contributed by atoms with van der Waals surface area (Å²) >= 11 is 3.63. The third-order valence-electron chi connectivity index (χ3n) is 3.37. The van der Waals surface area contributed by atoms with E-state index in [4.69, 9.17) is 4.98 Å². The number of hydrogen-bond donors (Lipinski definition) is 1. The highest BCUT2D eigenvalue weighted by Gasteiger charge is 2.20. The highest BCUT2D eigenvalue weighted by atomic mass is 79.9. The number of anilines is 1. The third-order valence-corrected chi connectivity index (χ3v) is 3.97. The SMILES string of the molecule is CCCNc1nc2c(Br)cc(C)cc2cc1C(C)(C)C. The Hall–Kier alpha value is -1.09. The number of aromatic nitrogens is 1. The van der Waals surface area contributed by atoms with Gasteiger partial charge in [0, 0.05) is 22.0 Å². The Morgan fingerprint density at radius 3 is 2.50 bits per heavy atom. The number of benzene rings is 1. The molecule has 1 aromatic heterocycles. The summed E-state index contributed by atoms with van der Waals surface area (Å²) in [5, 5.41) is 4.67. The first-order valence-corrected chi connectivity index (χ1v) is 7.97. The highest BCUT2D eigenvalue weighted by molar-refractivity contribution is 9.10. The van der Waals surface area contributed by atoms with Crippen LogP contribution in [0.25, 0.3) is 10.9 Å². The van der Waals surface area contributed by atoms with Crippen LogP contribution in [0, 0.1) is 6.92 Å². The number of fused-ring (bicyclic) bond motifs is 1. The summed E-state index contributed by atoms with van der Waals surface area (Å²) in [5.74, 6) is 1.01. The van der Waals surface area contributed by atoms with Crippen LogP contribution in [0.3, 0.4) is 0 Å². The molecule has 0 aliphatic rings. The van der Waals surface area contributed by atoms with Crippen molar-refractivity contribution < 1.29 is 0 Å². The Balaban J connectivity index is 2.68. The standard InChI is InChI=1S/C17H23BrN2/c1-6-7-19-16-13(17(3,4)5)10-12-8-11(2)9-14(18)15(12)20-16/h8-10H,6-7H2,1-5H3,(H,19,20). The van der Waals surface area contributed by atoms with Crippen LogP contribution >= 0.6 is 15.9 Å². The van der Waals surface area contributed by atoms with E-state index in [1.54, 1.807) is 0 Å². The lowest BCUT2D eigenvalue weighted by atomic mass is 9.86. The van der Waals surface area contributed by atoms with Crippen molar-refractivity contribution in [1.29, 1.82) is 0 Å². The molecule has 0 saturated carbocycles. The molecular weight excluding hydrogens is 312 g/mol. The minimum Gasteiger partial charge on any atom is -0.370 e. The summed E-state index contributed by atoms with van der Waals surface area (Å²) < 4.78 is 1.06. The lowest BCUT2D eigenvalue weighted by molar-refractivity contribution is 0.590. The van der Waals surface area contributed by atoms with Gasteiger partial charge in [0.15, 0.2) is 0 Å². The molecule has 0 fully saturated rings. The van der Waals surface area contributed by atoms with Gasteiger partial charge in [0.1, 0.15) is 5.82 Å². The Morgan fingerprint density at radius 2 is 1.90 bits per heavy atom. The van der Waals surface area contributed by atoms with E-state index in [0.717, 1.165) is 28.8 Å². The summed E-state index contributed by atoms with van der Waals surface area (Å²) in [7, 11) is 0. The number of pyridine rings is 1. The number of nitrogens with one attached hydrogen (secondary N) is 1. The third kappa shape index (κ3) is 3.14. The minimum absolute atomic E-state index is 0.0769. The minimum atomic E-state index is 0.0769. The van der Waals surface area contributed by atoms with Crippen LogP contribution in [-0.2, 0) is 5.41 Å². The molecular formula is C17H23BrN2. The van der Waals surface area contributed by atoms with Gasteiger partial charge in [-0.3, -0.25) is 0 Å². The van der Waals surface area contributed by atoms with Crippen molar-refractivity contribution in [2.75, 3.05) is 11.9 Å². The molecule has 2 nitrogen and oxygen atoms in total. The van der Waals surface area contributed by atoms with Crippen LogP contribution in [-0.4, -0.2) is 11.5 Å². The van der Waals surface area contributed by atoms with E-state index < -0.39 is 0 Å². The van der Waals surface area contributed by atoms with Crippen LogP contribution < -0.4 is 5.32 Å². The van der Waals surface area contributed by atoms with Crippen molar-refractivity contribution in [1.82, 2.24) is 4.98 Å². The first kappa shape index (κ1) is 15.3. The van der Waals surface area contributed by atoms with Gasteiger partial charge in [0.05, 0.1) is 5.52 Å². The molecule has 0 aliphatic heterocycles. The normalized spacial score (nSPS) is 11.9. The van der Waals surface area contributed by atoms with Gasteiger partial charge in [0.25, 0.3) is 0 Å². The second-order valence-electron chi connectivity index (χ2n) is 6.38. The van der Waals surface area contributed by atoms with Crippen LogP contribution in [0.5, 0.6) is 0 Å². The number of halogens is 1. The fourth-order valence-electron chi connectivity index (χ4n) is 2.34. The van der Waals surface area contributed by atoms with Crippen LogP contribution in [0.4, 0.5) is 5.82 Å². The zero-order chi connectivity index (χ0) is 14.9. The molecule has 108 valence electrons. The molecule has 1 N–H and O–H groups in total. The second-order valence-corrected chi connectivity index (χ2v) is 7.23. The topological polar surface area (TPSA) is 24.9 Å². The predicted octanol–water partition coefficient (Wildman–Crippen LogP) is 5.43. The van der Waals surface area contributed by atoms with Gasteiger partial charge in [0.2, 0.25) is 0 Å². The maximum Gasteiger partial charge on any atom is 0.130 e. The fourth-order valence-corrected chi connectivity index (χ4v) is 3.01. The Morgan fingerprint density at radius 1 is 1.20 bits per heavy atom. The summed E-state index contributed by atoms with van der Waals surface area (Å²) in [6.07, 6.45) is 1.10. The maximum atomic E-state index is 4.86. The maximum absolute atomic E-state index is 4.86. The van der Waals surface area contributed by atoms with Crippen molar-refractivity contribution in [2.45, 2.75) is 46.5 Å². The van der Waals surface area contributed by atoms with Gasteiger partial charge in [-0.1, -0.05) is 27.7 Å². The van der Waals surface area contributed by atoms with Gasteiger partial charge in [-0.05, 0) is 58.5 Å². The van der Waals surface area contributed by atoms with Crippen LogP contribution in [0.2, 0.25) is 0 Å². The Labute approximate surface area is 130 Å². The molecule has 0 amide bonds. The quantitative estimate of drug-likeness (QED) is 0.809. The van der Waals surface area contributed by atoms with Gasteiger partial charge in [-0.2, -0.15) is 0 Å². The summed E-state index contributed by atoms with van der Waals surface area (Å²) in [6, 6.07) is 6.60. The van der Waals surface area contributed by atoms with E-state index in [1.807, 2.05) is 0 Å². The number of aryl methyl sites for hydroxylation is 1. The molecule has 3 heteroatoms. The molecule has 2 aromatic rings. The molecule has 0 radical (unpaired) electrons. The fraction of sp³-hybridized carbons (Fsp3) is 0.471. The van der Waals surface area contributed by atoms with E-state index >= 15 is 0 Å². The van der Waals surface area contributed by atoms with Crippen molar-refractivity contribution in [3.8, 4) is 0 Å². The molecule has 0 unspecified atom stereocenters. The largest absolute Gasteiger partial charge is 0.370 e. The molecule has 0 bridgehead atoms. The summed E-state index contributed by atoms with van der Waals surface area (Å²) in [4.78, 5) is 4.86. The summed E-state index contributed by atoms with van der Waals surface area (Å²) in [6.45, 7) is 11.9. The van der Waals surface area contributed by atoms with E-state index in [9.17, 15) is 0 Å². The van der Waals surface area contributed by atoms with Crippen molar-refractivity contribution >= 4 is 32.7 Å². The van der Waals surface area contributed by atoms with E-state index in [0.29, 0.717) is 0 Å². The number of hydrogen-bond acceptors (Lipinski definition) is 2. The van der Waals surface area contributed by atoms with Gasteiger partial charge in [-0.15, -0.1) is 0 Å². The molecule has 0 spiro atoms. The molecule has 1 aromatic carbocycles. The van der Waals surface area contributed by atoms with Crippen LogP contribution in [0.1, 0.15) is 45.2 Å². The van der Waals surface area contributed by atoms with Gasteiger partial charge < -0.3 is 5.32 Å². The smallest absolute Gasteiger partial charge is 0.130 e. The van der Waals surface area contributed by atoms with Crippen molar-refractivity contribution in [2.24, 2.45) is 0 Å². The zero-order valence-corrected chi connectivity index (χ0v) is 14.6. The monoisotopic (exact) mass is 334 g/mol. The van der Waals surface area contributed by atoms with Gasteiger partial charge in [-0.25, -0.2) is 4.98 Å². The number of rotatable bonds is 3.